The van der Waals surface area contributed by atoms with Gasteiger partial charge in [0.1, 0.15) is 0 Å². The third kappa shape index (κ3) is 2.51. The molecule has 1 aromatic rings. The van der Waals surface area contributed by atoms with E-state index in [0.29, 0.717) is 23.7 Å². The molecule has 2 aliphatic heterocycles. The Kier molecular flexibility index (Phi) is 3.63. The van der Waals surface area contributed by atoms with E-state index in [1.807, 2.05) is 0 Å². The second-order valence-corrected chi connectivity index (χ2v) is 5.57. The number of anilines is 2. The Bertz CT molecular complexity index is 557. The third-order valence-corrected chi connectivity index (χ3v) is 4.03. The highest BCUT2D eigenvalue weighted by atomic mass is 35.5. The summed E-state index contributed by atoms with van der Waals surface area (Å²) in [4.78, 5) is 25.3. The average molecular weight is 294 g/mol. The van der Waals surface area contributed by atoms with Gasteiger partial charge in [0, 0.05) is 31.7 Å². The summed E-state index contributed by atoms with van der Waals surface area (Å²) < 4.78 is 0. The molecular formula is C14H16ClN3O2. The van der Waals surface area contributed by atoms with Crippen LogP contribution in [0.3, 0.4) is 0 Å². The number of hydrogen-bond acceptors (Lipinski definition) is 3. The van der Waals surface area contributed by atoms with Gasteiger partial charge >= 0.3 is 0 Å². The van der Waals surface area contributed by atoms with Gasteiger partial charge in [-0.2, -0.15) is 0 Å². The van der Waals surface area contributed by atoms with Crippen LogP contribution in [0.1, 0.15) is 12.8 Å². The Balaban J connectivity index is 1.73. The number of halogens is 1. The molecule has 2 aliphatic rings. The summed E-state index contributed by atoms with van der Waals surface area (Å²) in [7, 11) is 0. The van der Waals surface area contributed by atoms with E-state index in [9.17, 15) is 9.59 Å². The van der Waals surface area contributed by atoms with E-state index >= 15 is 0 Å². The van der Waals surface area contributed by atoms with Gasteiger partial charge in [-0.15, -0.1) is 0 Å². The van der Waals surface area contributed by atoms with Crippen molar-refractivity contribution in [1.82, 2.24) is 5.32 Å². The Morgan fingerprint density at radius 1 is 1.40 bits per heavy atom. The van der Waals surface area contributed by atoms with E-state index in [0.717, 1.165) is 25.2 Å². The molecule has 1 aromatic carbocycles. The van der Waals surface area contributed by atoms with E-state index in [1.54, 1.807) is 23.1 Å². The molecular weight excluding hydrogens is 278 g/mol. The highest BCUT2D eigenvalue weighted by Crippen LogP contribution is 2.31. The molecule has 0 aliphatic carbocycles. The van der Waals surface area contributed by atoms with Gasteiger partial charge in [-0.1, -0.05) is 11.6 Å². The first-order chi connectivity index (χ1) is 9.65. The van der Waals surface area contributed by atoms with Gasteiger partial charge in [0.25, 0.3) is 0 Å². The largest absolute Gasteiger partial charge is 0.326 e. The minimum atomic E-state index is 0.00446. The number of hydrogen-bond donors (Lipinski definition) is 2. The Hall–Kier alpha value is -1.59. The minimum Gasteiger partial charge on any atom is -0.326 e. The van der Waals surface area contributed by atoms with E-state index in [-0.39, 0.29) is 17.7 Å². The third-order valence-electron chi connectivity index (χ3n) is 3.73. The van der Waals surface area contributed by atoms with Gasteiger partial charge in [0.15, 0.2) is 0 Å². The van der Waals surface area contributed by atoms with Crippen LogP contribution in [0.15, 0.2) is 18.2 Å². The van der Waals surface area contributed by atoms with Crippen molar-refractivity contribution >= 4 is 34.8 Å². The van der Waals surface area contributed by atoms with Crippen molar-refractivity contribution in [3.05, 3.63) is 23.2 Å². The highest BCUT2D eigenvalue weighted by Gasteiger charge is 2.26. The zero-order chi connectivity index (χ0) is 14.1. The van der Waals surface area contributed by atoms with Crippen molar-refractivity contribution in [2.75, 3.05) is 29.9 Å². The number of nitrogens with zero attached hydrogens (tertiary/aromatic N) is 1. The van der Waals surface area contributed by atoms with Gasteiger partial charge in [-0.3, -0.25) is 9.59 Å². The molecule has 0 bridgehead atoms. The molecule has 3 rings (SSSR count). The van der Waals surface area contributed by atoms with Crippen molar-refractivity contribution in [2.45, 2.75) is 12.8 Å². The van der Waals surface area contributed by atoms with Crippen molar-refractivity contribution in [1.29, 1.82) is 0 Å². The van der Waals surface area contributed by atoms with Gasteiger partial charge in [-0.25, -0.2) is 0 Å². The zero-order valence-electron chi connectivity index (χ0n) is 11.0. The highest BCUT2D eigenvalue weighted by molar-refractivity contribution is 6.34. The van der Waals surface area contributed by atoms with E-state index in [2.05, 4.69) is 10.6 Å². The first-order valence-electron chi connectivity index (χ1n) is 6.76. The fourth-order valence-electron chi connectivity index (χ4n) is 2.42. The molecule has 2 N–H and O–H groups in total. The lowest BCUT2D eigenvalue weighted by Gasteiger charge is -2.26. The standard InChI is InChI=1S/C14H16ClN3O2/c15-11-6-10(17-14(20)9-7-16-8-9)3-4-12(11)18-5-1-2-13(18)19/h3-4,6,9,16H,1-2,5,7-8H2,(H,17,20). The van der Waals surface area contributed by atoms with E-state index in [4.69, 9.17) is 11.6 Å². The first kappa shape index (κ1) is 13.4. The summed E-state index contributed by atoms with van der Waals surface area (Å²) in [6.45, 7) is 2.15. The molecule has 0 radical (unpaired) electrons. The number of benzene rings is 1. The van der Waals surface area contributed by atoms with Gasteiger partial charge in [-0.05, 0) is 24.6 Å². The maximum atomic E-state index is 11.8. The van der Waals surface area contributed by atoms with E-state index < -0.39 is 0 Å². The van der Waals surface area contributed by atoms with Crippen LogP contribution in [0, 0.1) is 5.92 Å². The molecule has 0 saturated carbocycles. The van der Waals surface area contributed by atoms with Crippen molar-refractivity contribution in [3.8, 4) is 0 Å². The first-order valence-corrected chi connectivity index (χ1v) is 7.14. The number of carbonyl (C=O) groups is 2. The second-order valence-electron chi connectivity index (χ2n) is 5.16. The quantitative estimate of drug-likeness (QED) is 0.890. The van der Waals surface area contributed by atoms with E-state index in [1.165, 1.54) is 0 Å². The fraction of sp³-hybridized carbons (Fsp3) is 0.429. The van der Waals surface area contributed by atoms with Crippen molar-refractivity contribution in [2.24, 2.45) is 5.92 Å². The summed E-state index contributed by atoms with van der Waals surface area (Å²) in [6.07, 6.45) is 1.44. The van der Waals surface area contributed by atoms with Gasteiger partial charge in [0.2, 0.25) is 11.8 Å². The molecule has 5 nitrogen and oxygen atoms in total. The Morgan fingerprint density at radius 3 is 2.75 bits per heavy atom. The number of nitrogens with one attached hydrogen (secondary N) is 2. The van der Waals surface area contributed by atoms with Crippen molar-refractivity contribution < 1.29 is 9.59 Å². The Morgan fingerprint density at radius 2 is 2.20 bits per heavy atom. The zero-order valence-corrected chi connectivity index (χ0v) is 11.7. The predicted molar refractivity (Wildman–Crippen MR) is 78.0 cm³/mol. The summed E-state index contributed by atoms with van der Waals surface area (Å²) in [5, 5.41) is 6.40. The number of amides is 2. The average Bonchev–Trinajstić information content (AvgIpc) is 2.73. The molecule has 2 amide bonds. The lowest BCUT2D eigenvalue weighted by Crippen LogP contribution is -2.48. The molecule has 0 spiro atoms. The van der Waals surface area contributed by atoms with Gasteiger partial charge < -0.3 is 15.5 Å². The molecule has 0 aromatic heterocycles. The smallest absolute Gasteiger partial charge is 0.230 e. The SMILES string of the molecule is O=C(Nc1ccc(N2CCCC2=O)c(Cl)c1)C1CNC1. The monoisotopic (exact) mass is 293 g/mol. The van der Waals surface area contributed by atoms with Gasteiger partial charge in [0.05, 0.1) is 16.6 Å². The van der Waals surface area contributed by atoms with Crippen LogP contribution in [-0.4, -0.2) is 31.4 Å². The molecule has 0 atom stereocenters. The predicted octanol–water partition coefficient (Wildman–Crippen LogP) is 1.62. The van der Waals surface area contributed by atoms with Crippen LogP contribution in [0.2, 0.25) is 5.02 Å². The molecule has 6 heteroatoms. The minimum absolute atomic E-state index is 0.00446. The van der Waals surface area contributed by atoms with Crippen LogP contribution in [0.5, 0.6) is 0 Å². The fourth-order valence-corrected chi connectivity index (χ4v) is 2.71. The summed E-state index contributed by atoms with van der Waals surface area (Å²) >= 11 is 6.23. The molecule has 2 saturated heterocycles. The van der Waals surface area contributed by atoms with Crippen LogP contribution in [0.4, 0.5) is 11.4 Å². The Labute approximate surface area is 122 Å². The molecule has 106 valence electrons. The van der Waals surface area contributed by atoms with Crippen LogP contribution < -0.4 is 15.5 Å². The number of carbonyl (C=O) groups excluding carboxylic acids is 2. The topological polar surface area (TPSA) is 61.4 Å². The second kappa shape index (κ2) is 5.42. The molecule has 2 heterocycles. The van der Waals surface area contributed by atoms with Crippen molar-refractivity contribution in [3.63, 3.8) is 0 Å². The van der Waals surface area contributed by atoms with Crippen LogP contribution in [0.25, 0.3) is 0 Å². The molecule has 0 unspecified atom stereocenters. The lowest BCUT2D eigenvalue weighted by atomic mass is 10.0. The molecule has 2 fully saturated rings. The summed E-state index contributed by atoms with van der Waals surface area (Å²) in [5.74, 6) is 0.141. The maximum absolute atomic E-state index is 11.8. The summed E-state index contributed by atoms with van der Waals surface area (Å²) in [6, 6.07) is 5.28. The van der Waals surface area contributed by atoms with Crippen LogP contribution >= 0.6 is 11.6 Å². The normalized spacial score (nSPS) is 19.1. The molecule has 20 heavy (non-hydrogen) atoms. The van der Waals surface area contributed by atoms with Crippen LogP contribution in [-0.2, 0) is 9.59 Å². The number of rotatable bonds is 3. The lowest BCUT2D eigenvalue weighted by molar-refractivity contribution is -0.121. The summed E-state index contributed by atoms with van der Waals surface area (Å²) in [5.41, 5.74) is 1.39. The maximum Gasteiger partial charge on any atom is 0.230 e.